The highest BCUT2D eigenvalue weighted by atomic mass is 16.5. The van der Waals surface area contributed by atoms with E-state index >= 15 is 0 Å². The molecule has 0 spiro atoms. The quantitative estimate of drug-likeness (QED) is 0.693. The average molecular weight is 364 g/mol. The van der Waals surface area contributed by atoms with Crippen molar-refractivity contribution in [2.45, 2.75) is 25.8 Å². The van der Waals surface area contributed by atoms with Crippen LogP contribution < -0.4 is 10.1 Å². The Hall–Kier alpha value is -3.15. The van der Waals surface area contributed by atoms with Crippen LogP contribution in [-0.2, 0) is 7.05 Å². The van der Waals surface area contributed by atoms with Gasteiger partial charge in [-0.25, -0.2) is 9.97 Å². The van der Waals surface area contributed by atoms with Gasteiger partial charge < -0.3 is 14.6 Å². The van der Waals surface area contributed by atoms with E-state index in [2.05, 4.69) is 22.2 Å². The van der Waals surface area contributed by atoms with Crippen molar-refractivity contribution in [3.05, 3.63) is 66.4 Å². The van der Waals surface area contributed by atoms with Crippen LogP contribution in [0.25, 0.3) is 11.1 Å². The highest BCUT2D eigenvalue weighted by molar-refractivity contribution is 5.94. The predicted octanol–water partition coefficient (Wildman–Crippen LogP) is 3.76. The number of rotatable bonds is 7. The van der Waals surface area contributed by atoms with Gasteiger partial charge in [-0.2, -0.15) is 0 Å². The highest BCUT2D eigenvalue weighted by Gasteiger charge is 2.18. The van der Waals surface area contributed by atoms with Crippen molar-refractivity contribution in [1.29, 1.82) is 0 Å². The van der Waals surface area contributed by atoms with Crippen molar-refractivity contribution in [3.63, 3.8) is 0 Å². The summed E-state index contributed by atoms with van der Waals surface area (Å²) in [7, 11) is 3.53. The summed E-state index contributed by atoms with van der Waals surface area (Å²) in [6.45, 7) is 2.10. The third-order valence-electron chi connectivity index (χ3n) is 4.48. The monoisotopic (exact) mass is 364 g/mol. The molecule has 6 heteroatoms. The van der Waals surface area contributed by atoms with E-state index in [0.717, 1.165) is 29.8 Å². The maximum atomic E-state index is 12.7. The molecule has 2 aromatic heterocycles. The Morgan fingerprint density at radius 2 is 1.89 bits per heavy atom. The smallest absolute Gasteiger partial charge is 0.251 e. The number of carbonyl (C=O) groups is 1. The highest BCUT2D eigenvalue weighted by Crippen LogP contribution is 2.22. The summed E-state index contributed by atoms with van der Waals surface area (Å²) in [5.74, 6) is 1.34. The first-order valence-electron chi connectivity index (χ1n) is 9.01. The van der Waals surface area contributed by atoms with Crippen LogP contribution in [0.2, 0.25) is 0 Å². The number of ether oxygens (including phenoxy) is 1. The van der Waals surface area contributed by atoms with E-state index in [1.165, 1.54) is 0 Å². The zero-order chi connectivity index (χ0) is 19.2. The summed E-state index contributed by atoms with van der Waals surface area (Å²) in [6.07, 6.45) is 7.20. The Bertz CT molecular complexity index is 885. The van der Waals surface area contributed by atoms with Crippen molar-refractivity contribution in [1.82, 2.24) is 19.9 Å². The van der Waals surface area contributed by atoms with Gasteiger partial charge in [0.15, 0.2) is 0 Å². The summed E-state index contributed by atoms with van der Waals surface area (Å²) in [5, 5.41) is 3.10. The number of amides is 1. The van der Waals surface area contributed by atoms with E-state index < -0.39 is 0 Å². The van der Waals surface area contributed by atoms with Gasteiger partial charge in [-0.1, -0.05) is 25.5 Å². The summed E-state index contributed by atoms with van der Waals surface area (Å²) >= 11 is 0. The molecule has 1 amide bonds. The van der Waals surface area contributed by atoms with Gasteiger partial charge in [0.05, 0.1) is 13.2 Å². The molecule has 1 unspecified atom stereocenters. The van der Waals surface area contributed by atoms with Gasteiger partial charge >= 0.3 is 0 Å². The molecule has 6 nitrogen and oxygen atoms in total. The van der Waals surface area contributed by atoms with Crippen molar-refractivity contribution >= 4 is 5.91 Å². The molecule has 1 aromatic carbocycles. The molecular weight excluding hydrogens is 340 g/mol. The van der Waals surface area contributed by atoms with Crippen molar-refractivity contribution in [2.24, 2.45) is 7.05 Å². The van der Waals surface area contributed by atoms with E-state index in [9.17, 15) is 4.79 Å². The van der Waals surface area contributed by atoms with Crippen LogP contribution in [0.5, 0.6) is 5.88 Å². The number of aryl methyl sites for hydroxylation is 1. The average Bonchev–Trinajstić information content (AvgIpc) is 3.13. The van der Waals surface area contributed by atoms with E-state index in [1.807, 2.05) is 54.2 Å². The molecule has 0 aliphatic carbocycles. The number of aromatic nitrogens is 3. The van der Waals surface area contributed by atoms with E-state index in [1.54, 1.807) is 19.5 Å². The second kappa shape index (κ2) is 8.49. The zero-order valence-electron chi connectivity index (χ0n) is 15.8. The summed E-state index contributed by atoms with van der Waals surface area (Å²) in [4.78, 5) is 21.3. The van der Waals surface area contributed by atoms with Gasteiger partial charge in [0.2, 0.25) is 5.88 Å². The van der Waals surface area contributed by atoms with Crippen LogP contribution in [-0.4, -0.2) is 27.6 Å². The molecule has 1 N–H and O–H groups in total. The Morgan fingerprint density at radius 3 is 2.44 bits per heavy atom. The Kier molecular flexibility index (Phi) is 5.86. The molecule has 0 radical (unpaired) electrons. The lowest BCUT2D eigenvalue weighted by Crippen LogP contribution is -2.30. The molecule has 0 saturated carbocycles. The Labute approximate surface area is 159 Å². The van der Waals surface area contributed by atoms with Gasteiger partial charge in [-0.05, 0) is 30.2 Å². The van der Waals surface area contributed by atoms with Crippen LogP contribution in [0.4, 0.5) is 0 Å². The normalized spacial score (nSPS) is 11.8. The number of nitrogens with zero attached hydrogens (tertiary/aromatic N) is 3. The van der Waals surface area contributed by atoms with Crippen molar-refractivity contribution in [3.8, 4) is 17.0 Å². The minimum absolute atomic E-state index is 0.101. The largest absolute Gasteiger partial charge is 0.481 e. The number of hydrogen-bond donors (Lipinski definition) is 1. The molecular formula is C21H24N4O2. The summed E-state index contributed by atoms with van der Waals surface area (Å²) in [6, 6.07) is 11.2. The third-order valence-corrected chi connectivity index (χ3v) is 4.48. The molecule has 2 heterocycles. The number of carbonyl (C=O) groups excluding carboxylic acids is 1. The van der Waals surface area contributed by atoms with Gasteiger partial charge in [-0.15, -0.1) is 0 Å². The molecule has 0 aliphatic heterocycles. The molecule has 0 fully saturated rings. The molecule has 1 atom stereocenters. The number of methoxy groups -OCH3 is 1. The molecule has 140 valence electrons. The lowest BCUT2D eigenvalue weighted by atomic mass is 10.0. The van der Waals surface area contributed by atoms with Crippen molar-refractivity contribution in [2.75, 3.05) is 7.11 Å². The Balaban J connectivity index is 1.73. The van der Waals surface area contributed by atoms with E-state index in [0.29, 0.717) is 11.4 Å². The van der Waals surface area contributed by atoms with Crippen LogP contribution in [0.15, 0.2) is 55.0 Å². The van der Waals surface area contributed by atoms with Crippen LogP contribution in [0, 0.1) is 0 Å². The fourth-order valence-corrected chi connectivity index (χ4v) is 2.99. The molecule has 27 heavy (non-hydrogen) atoms. The standard InChI is InChI=1S/C21H24N4O2/c1-4-5-18(20-22-12-13-25(20)2)24-21(26)16-8-6-15(7-9-16)17-10-11-19(27-3)23-14-17/h6-14,18H,4-5H2,1-3H3,(H,24,26). The maximum Gasteiger partial charge on any atom is 0.251 e. The van der Waals surface area contributed by atoms with Crippen LogP contribution in [0.1, 0.15) is 42.0 Å². The van der Waals surface area contributed by atoms with E-state index in [-0.39, 0.29) is 11.9 Å². The van der Waals surface area contributed by atoms with Gasteiger partial charge in [-0.3, -0.25) is 4.79 Å². The number of benzene rings is 1. The summed E-state index contributed by atoms with van der Waals surface area (Å²) in [5.41, 5.74) is 2.59. The zero-order valence-corrected chi connectivity index (χ0v) is 15.8. The fourth-order valence-electron chi connectivity index (χ4n) is 2.99. The molecule has 3 rings (SSSR count). The predicted molar refractivity (Wildman–Crippen MR) is 105 cm³/mol. The SMILES string of the molecule is CCCC(NC(=O)c1ccc(-c2ccc(OC)nc2)cc1)c1nccn1C. The first-order chi connectivity index (χ1) is 13.1. The van der Waals surface area contributed by atoms with E-state index in [4.69, 9.17) is 4.74 Å². The molecule has 0 saturated heterocycles. The fraction of sp³-hybridized carbons (Fsp3) is 0.286. The van der Waals surface area contributed by atoms with Crippen LogP contribution in [0.3, 0.4) is 0 Å². The molecule has 0 aliphatic rings. The second-order valence-electron chi connectivity index (χ2n) is 6.38. The van der Waals surface area contributed by atoms with Crippen LogP contribution >= 0.6 is 0 Å². The second-order valence-corrected chi connectivity index (χ2v) is 6.38. The van der Waals surface area contributed by atoms with Gasteiger partial charge in [0.25, 0.3) is 5.91 Å². The topological polar surface area (TPSA) is 69.0 Å². The lowest BCUT2D eigenvalue weighted by Gasteiger charge is -2.18. The van der Waals surface area contributed by atoms with Gasteiger partial charge in [0, 0.05) is 42.8 Å². The lowest BCUT2D eigenvalue weighted by molar-refractivity contribution is 0.0932. The number of pyridine rings is 1. The minimum Gasteiger partial charge on any atom is -0.481 e. The summed E-state index contributed by atoms with van der Waals surface area (Å²) < 4.78 is 7.03. The maximum absolute atomic E-state index is 12.7. The first kappa shape index (κ1) is 18.6. The first-order valence-corrected chi connectivity index (χ1v) is 9.01. The number of hydrogen-bond acceptors (Lipinski definition) is 4. The minimum atomic E-state index is -0.104. The molecule has 0 bridgehead atoms. The van der Waals surface area contributed by atoms with Gasteiger partial charge in [0.1, 0.15) is 5.82 Å². The number of nitrogens with one attached hydrogen (secondary N) is 1. The molecule has 3 aromatic rings. The Morgan fingerprint density at radius 1 is 1.15 bits per heavy atom. The number of imidazole rings is 1. The third kappa shape index (κ3) is 4.34. The van der Waals surface area contributed by atoms with Crippen molar-refractivity contribution < 1.29 is 9.53 Å².